The Morgan fingerprint density at radius 2 is 2.25 bits per heavy atom. The minimum absolute atomic E-state index is 1.03. The van der Waals surface area contributed by atoms with Gasteiger partial charge in [-0.25, -0.2) is 0 Å². The fraction of sp³-hybridized carbons (Fsp3) is 0.833. The summed E-state index contributed by atoms with van der Waals surface area (Å²) in [5.74, 6) is 4.30. The second-order valence-electron chi connectivity index (χ2n) is 5.16. The molecule has 0 aliphatic heterocycles. The van der Waals surface area contributed by atoms with Crippen LogP contribution in [0.5, 0.6) is 0 Å². The van der Waals surface area contributed by atoms with Gasteiger partial charge in [0.1, 0.15) is 0 Å². The number of rotatable bonds is 0. The van der Waals surface area contributed by atoms with Gasteiger partial charge >= 0.3 is 0 Å². The van der Waals surface area contributed by atoms with Gasteiger partial charge in [-0.2, -0.15) is 0 Å². The molecule has 4 atom stereocenters. The molecule has 2 fully saturated rings. The van der Waals surface area contributed by atoms with E-state index in [1.54, 1.807) is 0 Å². The zero-order valence-corrected chi connectivity index (χ0v) is 7.92. The molecule has 0 aromatic heterocycles. The number of fused-ring (bicyclic) bond motifs is 3. The average molecular weight is 162 g/mol. The van der Waals surface area contributed by atoms with Crippen LogP contribution in [-0.4, -0.2) is 0 Å². The third kappa shape index (κ3) is 0.841. The zero-order valence-electron chi connectivity index (χ0n) is 7.92. The Morgan fingerprint density at radius 3 is 3.00 bits per heavy atom. The normalized spacial score (nSPS) is 50.6. The lowest BCUT2D eigenvalue weighted by atomic mass is 9.64. The minimum atomic E-state index is 1.03. The Labute approximate surface area is 75.0 Å². The van der Waals surface area contributed by atoms with Crippen molar-refractivity contribution >= 4 is 0 Å². The first-order valence-corrected chi connectivity index (χ1v) is 5.53. The molecule has 0 N–H and O–H groups in total. The van der Waals surface area contributed by atoms with Gasteiger partial charge in [0.25, 0.3) is 0 Å². The molecule has 0 radical (unpaired) electrons. The highest BCUT2D eigenvalue weighted by Crippen LogP contribution is 2.54. The third-order valence-electron chi connectivity index (χ3n) is 4.42. The van der Waals surface area contributed by atoms with Crippen LogP contribution in [0.3, 0.4) is 0 Å². The van der Waals surface area contributed by atoms with Crippen molar-refractivity contribution in [3.63, 3.8) is 0 Å². The fourth-order valence-electron chi connectivity index (χ4n) is 3.78. The molecule has 0 aromatic carbocycles. The first-order valence-electron chi connectivity index (χ1n) is 5.53. The molecule has 0 saturated heterocycles. The van der Waals surface area contributed by atoms with E-state index in [9.17, 15) is 0 Å². The molecule has 0 bridgehead atoms. The molecular weight excluding hydrogens is 144 g/mol. The molecule has 0 spiro atoms. The minimum Gasteiger partial charge on any atom is -0.0844 e. The van der Waals surface area contributed by atoms with Crippen LogP contribution in [0.1, 0.15) is 39.0 Å². The van der Waals surface area contributed by atoms with Gasteiger partial charge in [-0.1, -0.05) is 18.6 Å². The van der Waals surface area contributed by atoms with Gasteiger partial charge in [0.2, 0.25) is 0 Å². The summed E-state index contributed by atoms with van der Waals surface area (Å²) in [5.41, 5.74) is 1.82. The summed E-state index contributed by atoms with van der Waals surface area (Å²) in [4.78, 5) is 0. The van der Waals surface area contributed by atoms with Gasteiger partial charge in [-0.05, 0) is 55.8 Å². The van der Waals surface area contributed by atoms with E-state index < -0.39 is 0 Å². The molecule has 0 heteroatoms. The summed E-state index contributed by atoms with van der Waals surface area (Å²) >= 11 is 0. The number of hydrogen-bond donors (Lipinski definition) is 0. The van der Waals surface area contributed by atoms with Crippen molar-refractivity contribution in [2.24, 2.45) is 23.7 Å². The molecule has 3 aliphatic carbocycles. The van der Waals surface area contributed by atoms with Crippen molar-refractivity contribution in [1.29, 1.82) is 0 Å². The van der Waals surface area contributed by atoms with Crippen LogP contribution >= 0.6 is 0 Å². The molecule has 0 amide bonds. The Balaban J connectivity index is 1.84. The summed E-state index contributed by atoms with van der Waals surface area (Å²) in [7, 11) is 0. The smallest absolute Gasteiger partial charge is 0.0137 e. The van der Waals surface area contributed by atoms with Crippen molar-refractivity contribution < 1.29 is 0 Å². The highest BCUT2D eigenvalue weighted by Gasteiger charge is 2.43. The lowest BCUT2D eigenvalue weighted by Crippen LogP contribution is -2.30. The molecule has 0 aromatic rings. The third-order valence-corrected chi connectivity index (χ3v) is 4.42. The molecule has 3 rings (SSSR count). The van der Waals surface area contributed by atoms with Crippen LogP contribution in [-0.2, 0) is 0 Å². The number of hydrogen-bond acceptors (Lipinski definition) is 0. The van der Waals surface area contributed by atoms with Gasteiger partial charge in [0.15, 0.2) is 0 Å². The number of allylic oxidation sites excluding steroid dienone is 2. The van der Waals surface area contributed by atoms with Crippen LogP contribution in [0.15, 0.2) is 11.6 Å². The van der Waals surface area contributed by atoms with Gasteiger partial charge < -0.3 is 0 Å². The summed E-state index contributed by atoms with van der Waals surface area (Å²) in [6.07, 6.45) is 9.93. The van der Waals surface area contributed by atoms with Crippen molar-refractivity contribution in [2.75, 3.05) is 0 Å². The summed E-state index contributed by atoms with van der Waals surface area (Å²) < 4.78 is 0. The largest absolute Gasteiger partial charge is 0.0844 e. The van der Waals surface area contributed by atoms with Crippen LogP contribution in [0, 0.1) is 23.7 Å². The molecular formula is C12H18. The molecule has 66 valence electrons. The van der Waals surface area contributed by atoms with Gasteiger partial charge in [0, 0.05) is 0 Å². The molecule has 12 heavy (non-hydrogen) atoms. The molecule has 3 aliphatic rings. The molecule has 4 unspecified atom stereocenters. The predicted octanol–water partition coefficient (Wildman–Crippen LogP) is 3.39. The Hall–Kier alpha value is -0.260. The van der Waals surface area contributed by atoms with E-state index in [0.29, 0.717) is 0 Å². The van der Waals surface area contributed by atoms with E-state index >= 15 is 0 Å². The van der Waals surface area contributed by atoms with Gasteiger partial charge in [-0.3, -0.25) is 0 Å². The van der Waals surface area contributed by atoms with E-state index in [4.69, 9.17) is 0 Å². The van der Waals surface area contributed by atoms with E-state index in [-0.39, 0.29) is 0 Å². The molecule has 2 saturated carbocycles. The lowest BCUT2D eigenvalue weighted by Gasteiger charge is -2.41. The summed E-state index contributed by atoms with van der Waals surface area (Å²) in [5, 5.41) is 0. The highest BCUT2D eigenvalue weighted by atomic mass is 14.5. The second kappa shape index (κ2) is 2.37. The fourth-order valence-corrected chi connectivity index (χ4v) is 3.78. The monoisotopic (exact) mass is 162 g/mol. The van der Waals surface area contributed by atoms with Gasteiger partial charge in [-0.15, -0.1) is 0 Å². The van der Waals surface area contributed by atoms with Gasteiger partial charge in [0.05, 0.1) is 0 Å². The predicted molar refractivity (Wildman–Crippen MR) is 50.8 cm³/mol. The maximum absolute atomic E-state index is 2.49. The van der Waals surface area contributed by atoms with E-state index in [2.05, 4.69) is 13.0 Å². The van der Waals surface area contributed by atoms with Crippen molar-refractivity contribution in [1.82, 2.24) is 0 Å². The standard InChI is InChI=1S/C12H18/c1-8-6-10-3-2-9-4-5-11(9)12(10)7-8/h4,8,10-12H,2-3,5-7H2,1H3. The van der Waals surface area contributed by atoms with Crippen molar-refractivity contribution in [3.8, 4) is 0 Å². The SMILES string of the molecule is CC1CC2CCC3=CCC3C2C1. The van der Waals surface area contributed by atoms with Crippen LogP contribution in [0.4, 0.5) is 0 Å². The average Bonchev–Trinajstić information content (AvgIpc) is 2.29. The van der Waals surface area contributed by atoms with Crippen molar-refractivity contribution in [3.05, 3.63) is 11.6 Å². The van der Waals surface area contributed by atoms with Crippen LogP contribution in [0.25, 0.3) is 0 Å². The summed E-state index contributed by atoms with van der Waals surface area (Å²) in [6, 6.07) is 0. The maximum Gasteiger partial charge on any atom is -0.0137 e. The van der Waals surface area contributed by atoms with E-state index in [1.165, 1.54) is 32.1 Å². The quantitative estimate of drug-likeness (QED) is 0.479. The second-order valence-corrected chi connectivity index (χ2v) is 5.16. The summed E-state index contributed by atoms with van der Waals surface area (Å²) in [6.45, 7) is 2.44. The zero-order chi connectivity index (χ0) is 8.13. The topological polar surface area (TPSA) is 0 Å². The Morgan fingerprint density at radius 1 is 1.33 bits per heavy atom. The van der Waals surface area contributed by atoms with E-state index in [1.807, 2.05) is 5.57 Å². The van der Waals surface area contributed by atoms with Crippen molar-refractivity contribution in [2.45, 2.75) is 39.0 Å². The highest BCUT2D eigenvalue weighted by molar-refractivity contribution is 5.23. The molecule has 0 heterocycles. The first-order chi connectivity index (χ1) is 5.84. The Kier molecular flexibility index (Phi) is 1.42. The lowest BCUT2D eigenvalue weighted by molar-refractivity contribution is 0.217. The van der Waals surface area contributed by atoms with Crippen LogP contribution < -0.4 is 0 Å². The maximum atomic E-state index is 2.49. The molecule has 0 nitrogen and oxygen atoms in total. The van der Waals surface area contributed by atoms with Crippen LogP contribution in [0.2, 0.25) is 0 Å². The Bertz CT molecular complexity index is 226. The van der Waals surface area contributed by atoms with E-state index in [0.717, 1.165) is 23.7 Å². The first kappa shape index (κ1) is 7.17.